The van der Waals surface area contributed by atoms with Crippen molar-refractivity contribution in [3.63, 3.8) is 0 Å². The van der Waals surface area contributed by atoms with Crippen LogP contribution in [0.1, 0.15) is 50.2 Å². The molecule has 1 aliphatic heterocycles. The number of carboxylic acids is 1. The molecule has 1 heterocycles. The summed E-state index contributed by atoms with van der Waals surface area (Å²) < 4.78 is 5.61. The maximum atomic E-state index is 12.9. The number of rotatable bonds is 7. The molecule has 1 fully saturated rings. The molecule has 4 rings (SSSR count). The van der Waals surface area contributed by atoms with Gasteiger partial charge in [-0.25, -0.2) is 4.79 Å². The van der Waals surface area contributed by atoms with E-state index < -0.39 is 18.0 Å². The van der Waals surface area contributed by atoms with Crippen LogP contribution in [0, 0.1) is 11.8 Å². The molecule has 180 valence electrons. The summed E-state index contributed by atoms with van der Waals surface area (Å²) in [5, 5.41) is 11.8. The summed E-state index contributed by atoms with van der Waals surface area (Å²) in [5.41, 5.74) is 4.65. The topological polar surface area (TPSA) is 95.9 Å². The number of aliphatic carboxylic acids is 1. The van der Waals surface area contributed by atoms with Crippen LogP contribution in [0.25, 0.3) is 11.1 Å². The average Bonchev–Trinajstić information content (AvgIpc) is 3.15. The summed E-state index contributed by atoms with van der Waals surface area (Å²) in [7, 11) is 0. The minimum absolute atomic E-state index is 0.0143. The minimum atomic E-state index is -0.793. The lowest BCUT2D eigenvalue weighted by Crippen LogP contribution is -2.48. The van der Waals surface area contributed by atoms with Gasteiger partial charge in [0, 0.05) is 31.5 Å². The molecule has 2 aromatic carbocycles. The zero-order chi connectivity index (χ0) is 24.2. The van der Waals surface area contributed by atoms with Crippen molar-refractivity contribution >= 4 is 18.0 Å². The number of carbonyl (C=O) groups is 3. The standard InChI is InChI=1S/C27H32N2O5/c1-17(26(32)29-13-11-19(12-14-29)15-25(30)31)18(2)28-27(33)34-16-24-22-9-5-3-7-20(22)21-8-4-6-10-23(21)24/h3-10,17-19,24H,11-16H2,1-2H3,(H,28,33)(H,30,31). The highest BCUT2D eigenvalue weighted by Crippen LogP contribution is 2.44. The molecule has 1 saturated heterocycles. The van der Waals surface area contributed by atoms with Gasteiger partial charge in [0.25, 0.3) is 0 Å². The Balaban J connectivity index is 1.29. The van der Waals surface area contributed by atoms with Crippen LogP contribution >= 0.6 is 0 Å². The first kappa shape index (κ1) is 23.8. The van der Waals surface area contributed by atoms with Crippen molar-refractivity contribution in [3.05, 3.63) is 59.7 Å². The van der Waals surface area contributed by atoms with E-state index in [0.717, 1.165) is 11.1 Å². The normalized spacial score (nSPS) is 17.4. The molecular formula is C27H32N2O5. The number of benzene rings is 2. The van der Waals surface area contributed by atoms with Crippen molar-refractivity contribution in [2.24, 2.45) is 11.8 Å². The van der Waals surface area contributed by atoms with Crippen molar-refractivity contribution < 1.29 is 24.2 Å². The summed E-state index contributed by atoms with van der Waals surface area (Å²) in [6.07, 6.45) is 1.00. The highest BCUT2D eigenvalue weighted by atomic mass is 16.5. The molecular weight excluding hydrogens is 432 g/mol. The van der Waals surface area contributed by atoms with Crippen LogP contribution in [-0.2, 0) is 14.3 Å². The highest BCUT2D eigenvalue weighted by molar-refractivity contribution is 5.81. The van der Waals surface area contributed by atoms with Gasteiger partial charge in [-0.05, 0) is 47.9 Å². The van der Waals surface area contributed by atoms with Gasteiger partial charge in [0.1, 0.15) is 6.61 Å². The Morgan fingerprint density at radius 2 is 1.56 bits per heavy atom. The molecule has 0 saturated carbocycles. The fraction of sp³-hybridized carbons (Fsp3) is 0.444. The molecule has 2 unspecified atom stereocenters. The molecule has 2 N–H and O–H groups in total. The Hall–Kier alpha value is -3.35. The summed E-state index contributed by atoms with van der Waals surface area (Å²) in [6.45, 7) is 4.95. The monoisotopic (exact) mass is 464 g/mol. The quantitative estimate of drug-likeness (QED) is 0.638. The molecule has 0 radical (unpaired) electrons. The first-order valence-corrected chi connectivity index (χ1v) is 12.0. The van der Waals surface area contributed by atoms with Gasteiger partial charge < -0.3 is 20.1 Å². The van der Waals surface area contributed by atoms with Crippen LogP contribution < -0.4 is 5.32 Å². The molecule has 2 atom stereocenters. The Kier molecular flexibility index (Phi) is 7.20. The van der Waals surface area contributed by atoms with E-state index in [1.807, 2.05) is 24.3 Å². The third kappa shape index (κ3) is 5.08. The third-order valence-corrected chi connectivity index (χ3v) is 7.22. The fourth-order valence-corrected chi connectivity index (χ4v) is 5.06. The van der Waals surface area contributed by atoms with Crippen LogP contribution in [0.15, 0.2) is 48.5 Å². The van der Waals surface area contributed by atoms with Crippen molar-refractivity contribution in [1.82, 2.24) is 10.2 Å². The fourth-order valence-electron chi connectivity index (χ4n) is 5.06. The summed E-state index contributed by atoms with van der Waals surface area (Å²) in [5.74, 6) is -1.12. The molecule has 0 spiro atoms. The molecule has 0 bridgehead atoms. The van der Waals surface area contributed by atoms with Crippen LogP contribution in [0.3, 0.4) is 0 Å². The summed E-state index contributed by atoms with van der Waals surface area (Å²) in [4.78, 5) is 38.2. The lowest BCUT2D eigenvalue weighted by molar-refractivity contribution is -0.139. The number of fused-ring (bicyclic) bond motifs is 3. The van der Waals surface area contributed by atoms with Crippen LogP contribution in [0.4, 0.5) is 4.79 Å². The minimum Gasteiger partial charge on any atom is -0.481 e. The number of amides is 2. The maximum absolute atomic E-state index is 12.9. The van der Waals surface area contributed by atoms with Crippen molar-refractivity contribution in [1.29, 1.82) is 0 Å². The number of likely N-dealkylation sites (tertiary alicyclic amines) is 1. The molecule has 7 heteroatoms. The van der Waals surface area contributed by atoms with Gasteiger partial charge >= 0.3 is 12.1 Å². The number of carbonyl (C=O) groups excluding carboxylic acids is 2. The van der Waals surface area contributed by atoms with Gasteiger partial charge in [-0.3, -0.25) is 9.59 Å². The molecule has 2 aromatic rings. The molecule has 0 aromatic heterocycles. The number of nitrogens with one attached hydrogen (secondary N) is 1. The Labute approximate surface area is 200 Å². The maximum Gasteiger partial charge on any atom is 0.407 e. The van der Waals surface area contributed by atoms with E-state index in [-0.39, 0.29) is 36.8 Å². The largest absolute Gasteiger partial charge is 0.481 e. The van der Waals surface area contributed by atoms with Gasteiger partial charge in [-0.2, -0.15) is 0 Å². The zero-order valence-electron chi connectivity index (χ0n) is 19.7. The molecule has 2 amide bonds. The summed E-state index contributed by atoms with van der Waals surface area (Å²) >= 11 is 0. The first-order chi connectivity index (χ1) is 16.3. The second-order valence-electron chi connectivity index (χ2n) is 9.41. The van der Waals surface area contributed by atoms with E-state index in [1.165, 1.54) is 11.1 Å². The van der Waals surface area contributed by atoms with E-state index in [4.69, 9.17) is 9.84 Å². The predicted molar refractivity (Wildman–Crippen MR) is 128 cm³/mol. The van der Waals surface area contributed by atoms with Gasteiger partial charge in [-0.15, -0.1) is 0 Å². The number of carboxylic acid groups (broad SMARTS) is 1. The second-order valence-corrected chi connectivity index (χ2v) is 9.41. The number of nitrogens with zero attached hydrogens (tertiary/aromatic N) is 1. The third-order valence-electron chi connectivity index (χ3n) is 7.22. The SMILES string of the molecule is CC(NC(=O)OCC1c2ccccc2-c2ccccc21)C(C)C(=O)N1CCC(CC(=O)O)CC1. The van der Waals surface area contributed by atoms with E-state index in [2.05, 4.69) is 29.6 Å². The van der Waals surface area contributed by atoms with Crippen molar-refractivity contribution in [2.75, 3.05) is 19.7 Å². The van der Waals surface area contributed by atoms with Crippen molar-refractivity contribution in [2.45, 2.75) is 45.1 Å². The van der Waals surface area contributed by atoms with Crippen molar-refractivity contribution in [3.8, 4) is 11.1 Å². The van der Waals surface area contributed by atoms with Gasteiger partial charge in [0.15, 0.2) is 0 Å². The van der Waals surface area contributed by atoms with Crippen LogP contribution in [0.5, 0.6) is 0 Å². The Bertz CT molecular complexity index is 1010. The van der Waals surface area contributed by atoms with E-state index in [1.54, 1.807) is 18.7 Å². The lowest BCUT2D eigenvalue weighted by atomic mass is 9.92. The van der Waals surface area contributed by atoms with E-state index in [9.17, 15) is 14.4 Å². The number of hydrogen-bond acceptors (Lipinski definition) is 4. The van der Waals surface area contributed by atoms with Gasteiger partial charge in [0.2, 0.25) is 5.91 Å². The Morgan fingerprint density at radius 1 is 1.00 bits per heavy atom. The van der Waals surface area contributed by atoms with Gasteiger partial charge in [0.05, 0.1) is 5.92 Å². The average molecular weight is 465 g/mol. The number of ether oxygens (including phenoxy) is 1. The van der Waals surface area contributed by atoms with Gasteiger partial charge in [-0.1, -0.05) is 55.5 Å². The number of alkyl carbamates (subject to hydrolysis) is 1. The first-order valence-electron chi connectivity index (χ1n) is 12.0. The number of hydrogen-bond donors (Lipinski definition) is 2. The summed E-state index contributed by atoms with van der Waals surface area (Å²) in [6, 6.07) is 16.0. The predicted octanol–water partition coefficient (Wildman–Crippen LogP) is 4.26. The highest BCUT2D eigenvalue weighted by Gasteiger charge is 2.32. The second kappa shape index (κ2) is 10.3. The van der Waals surface area contributed by atoms with E-state index >= 15 is 0 Å². The number of piperidine rings is 1. The smallest absolute Gasteiger partial charge is 0.407 e. The molecule has 2 aliphatic rings. The molecule has 1 aliphatic carbocycles. The lowest BCUT2D eigenvalue weighted by Gasteiger charge is -2.34. The van der Waals surface area contributed by atoms with E-state index in [0.29, 0.717) is 25.9 Å². The van der Waals surface area contributed by atoms with Crippen LogP contribution in [-0.4, -0.2) is 53.7 Å². The zero-order valence-corrected chi connectivity index (χ0v) is 19.7. The van der Waals surface area contributed by atoms with Crippen LogP contribution in [0.2, 0.25) is 0 Å². The Morgan fingerprint density at radius 3 is 2.12 bits per heavy atom. The molecule has 7 nitrogen and oxygen atoms in total. The molecule has 34 heavy (non-hydrogen) atoms.